The molecule has 0 aromatic heterocycles. The van der Waals surface area contributed by atoms with Crippen LogP contribution in [0.15, 0.2) is 0 Å². The van der Waals surface area contributed by atoms with Crippen LogP contribution in [-0.2, 0) is 14.3 Å². The summed E-state index contributed by atoms with van der Waals surface area (Å²) in [4.78, 5) is 14.5. The van der Waals surface area contributed by atoms with Gasteiger partial charge in [0.1, 0.15) is 5.54 Å². The first-order valence-electron chi connectivity index (χ1n) is 7.39. The summed E-state index contributed by atoms with van der Waals surface area (Å²) in [6.07, 6.45) is 3.14. The van der Waals surface area contributed by atoms with E-state index in [0.717, 1.165) is 39.3 Å². The van der Waals surface area contributed by atoms with Crippen LogP contribution in [0.3, 0.4) is 0 Å². The van der Waals surface area contributed by atoms with E-state index in [1.54, 1.807) is 0 Å². The number of morpholine rings is 1. The molecule has 0 radical (unpaired) electrons. The summed E-state index contributed by atoms with van der Waals surface area (Å²) in [6.45, 7) is 8.71. The van der Waals surface area contributed by atoms with Crippen molar-refractivity contribution in [1.29, 1.82) is 0 Å². The Labute approximate surface area is 115 Å². The molecule has 1 unspecified atom stereocenters. The van der Waals surface area contributed by atoms with Crippen molar-refractivity contribution in [3.8, 4) is 0 Å². The molecule has 1 atom stereocenters. The zero-order chi connectivity index (χ0) is 13.7. The van der Waals surface area contributed by atoms with E-state index in [4.69, 9.17) is 9.47 Å². The highest BCUT2D eigenvalue weighted by Gasteiger charge is 2.39. The molecule has 0 bridgehead atoms. The van der Waals surface area contributed by atoms with Crippen LogP contribution in [0.5, 0.6) is 0 Å². The van der Waals surface area contributed by atoms with Gasteiger partial charge < -0.3 is 9.47 Å². The molecule has 1 heterocycles. The van der Waals surface area contributed by atoms with Gasteiger partial charge in [-0.25, -0.2) is 0 Å². The van der Waals surface area contributed by atoms with E-state index in [2.05, 4.69) is 10.2 Å². The van der Waals surface area contributed by atoms with Gasteiger partial charge in [0, 0.05) is 25.7 Å². The van der Waals surface area contributed by atoms with Gasteiger partial charge in [0.05, 0.1) is 19.8 Å². The SMILES string of the molecule is CCOC(=O)C(C)(CCN1CCOCC1)NC1CC1. The lowest BCUT2D eigenvalue weighted by Crippen LogP contribution is -2.53. The highest BCUT2D eigenvalue weighted by atomic mass is 16.5. The van der Waals surface area contributed by atoms with Gasteiger partial charge in [-0.3, -0.25) is 15.0 Å². The third kappa shape index (κ3) is 4.44. The molecule has 5 nitrogen and oxygen atoms in total. The molecule has 0 aromatic rings. The molecule has 0 spiro atoms. The number of hydrogen-bond acceptors (Lipinski definition) is 5. The molecule has 110 valence electrons. The van der Waals surface area contributed by atoms with Crippen molar-refractivity contribution < 1.29 is 14.3 Å². The lowest BCUT2D eigenvalue weighted by atomic mass is 9.97. The summed E-state index contributed by atoms with van der Waals surface area (Å²) in [5, 5.41) is 3.46. The lowest BCUT2D eigenvalue weighted by molar-refractivity contribution is -0.151. The summed E-state index contributed by atoms with van der Waals surface area (Å²) in [5.41, 5.74) is -0.546. The predicted molar refractivity (Wildman–Crippen MR) is 73.1 cm³/mol. The van der Waals surface area contributed by atoms with Crippen LogP contribution >= 0.6 is 0 Å². The summed E-state index contributed by atoms with van der Waals surface area (Å²) in [7, 11) is 0. The maximum absolute atomic E-state index is 12.2. The maximum atomic E-state index is 12.2. The molecule has 1 saturated heterocycles. The predicted octanol–water partition coefficient (Wildman–Crippen LogP) is 0.783. The number of rotatable bonds is 7. The second-order valence-corrected chi connectivity index (χ2v) is 5.68. The number of nitrogens with zero attached hydrogens (tertiary/aromatic N) is 1. The van der Waals surface area contributed by atoms with Crippen LogP contribution < -0.4 is 5.32 Å². The van der Waals surface area contributed by atoms with E-state index < -0.39 is 5.54 Å². The van der Waals surface area contributed by atoms with Crippen molar-refractivity contribution in [3.05, 3.63) is 0 Å². The Hall–Kier alpha value is -0.650. The molecule has 5 heteroatoms. The van der Waals surface area contributed by atoms with Gasteiger partial charge in [0.15, 0.2) is 0 Å². The van der Waals surface area contributed by atoms with Gasteiger partial charge in [-0.2, -0.15) is 0 Å². The van der Waals surface area contributed by atoms with E-state index in [0.29, 0.717) is 12.6 Å². The molecule has 0 aromatic carbocycles. The van der Waals surface area contributed by atoms with E-state index in [9.17, 15) is 4.79 Å². The van der Waals surface area contributed by atoms with Crippen LogP contribution in [-0.4, -0.2) is 61.9 Å². The number of carbonyl (C=O) groups is 1. The second kappa shape index (κ2) is 6.68. The molecule has 1 aliphatic heterocycles. The first-order chi connectivity index (χ1) is 9.14. The molecular weight excluding hydrogens is 244 g/mol. The van der Waals surface area contributed by atoms with Crippen molar-refractivity contribution in [3.63, 3.8) is 0 Å². The first-order valence-corrected chi connectivity index (χ1v) is 7.39. The van der Waals surface area contributed by atoms with Gasteiger partial charge >= 0.3 is 5.97 Å². The van der Waals surface area contributed by atoms with Crippen molar-refractivity contribution in [1.82, 2.24) is 10.2 Å². The first kappa shape index (κ1) is 14.8. The largest absolute Gasteiger partial charge is 0.465 e. The Kier molecular flexibility index (Phi) is 5.19. The van der Waals surface area contributed by atoms with Crippen molar-refractivity contribution in [2.45, 2.75) is 44.7 Å². The molecule has 0 amide bonds. The Bertz CT molecular complexity index is 301. The molecule has 1 saturated carbocycles. The smallest absolute Gasteiger partial charge is 0.326 e. The second-order valence-electron chi connectivity index (χ2n) is 5.68. The molecule has 1 aliphatic carbocycles. The van der Waals surface area contributed by atoms with E-state index in [1.807, 2.05) is 13.8 Å². The third-order valence-electron chi connectivity index (χ3n) is 3.86. The highest BCUT2D eigenvalue weighted by molar-refractivity contribution is 5.80. The number of esters is 1. The normalized spacial score (nSPS) is 23.9. The Morgan fingerprint density at radius 2 is 2.11 bits per heavy atom. The fraction of sp³-hybridized carbons (Fsp3) is 0.929. The third-order valence-corrected chi connectivity index (χ3v) is 3.86. The molecule has 19 heavy (non-hydrogen) atoms. The topological polar surface area (TPSA) is 50.8 Å². The maximum Gasteiger partial charge on any atom is 0.326 e. The van der Waals surface area contributed by atoms with E-state index >= 15 is 0 Å². The highest BCUT2D eigenvalue weighted by Crippen LogP contribution is 2.25. The number of nitrogens with one attached hydrogen (secondary N) is 1. The quantitative estimate of drug-likeness (QED) is 0.693. The van der Waals surface area contributed by atoms with E-state index in [-0.39, 0.29) is 5.97 Å². The number of hydrogen-bond donors (Lipinski definition) is 1. The fourth-order valence-electron chi connectivity index (χ4n) is 2.41. The van der Waals surface area contributed by atoms with Crippen molar-refractivity contribution >= 4 is 5.97 Å². The zero-order valence-electron chi connectivity index (χ0n) is 12.1. The Balaban J connectivity index is 1.86. The molecular formula is C14H26N2O3. The van der Waals surface area contributed by atoms with Crippen molar-refractivity contribution in [2.24, 2.45) is 0 Å². The molecule has 1 N–H and O–H groups in total. The summed E-state index contributed by atoms with van der Waals surface area (Å²) < 4.78 is 10.6. The van der Waals surface area contributed by atoms with Gasteiger partial charge in [-0.1, -0.05) is 0 Å². The van der Waals surface area contributed by atoms with E-state index in [1.165, 1.54) is 12.8 Å². The van der Waals surface area contributed by atoms with Crippen LogP contribution in [0, 0.1) is 0 Å². The summed E-state index contributed by atoms with van der Waals surface area (Å²) in [5.74, 6) is -0.116. The van der Waals surface area contributed by atoms with Gasteiger partial charge in [-0.15, -0.1) is 0 Å². The number of carbonyl (C=O) groups excluding carboxylic acids is 1. The summed E-state index contributed by atoms with van der Waals surface area (Å²) in [6, 6.07) is 0.499. The molecule has 2 aliphatic rings. The minimum atomic E-state index is -0.546. The van der Waals surface area contributed by atoms with Crippen LogP contribution in [0.2, 0.25) is 0 Å². The van der Waals surface area contributed by atoms with Gasteiger partial charge in [0.25, 0.3) is 0 Å². The van der Waals surface area contributed by atoms with Crippen LogP contribution in [0.4, 0.5) is 0 Å². The van der Waals surface area contributed by atoms with Gasteiger partial charge in [0.2, 0.25) is 0 Å². The fourth-order valence-corrected chi connectivity index (χ4v) is 2.41. The Morgan fingerprint density at radius 3 is 2.68 bits per heavy atom. The minimum absolute atomic E-state index is 0.116. The lowest BCUT2D eigenvalue weighted by Gasteiger charge is -2.33. The van der Waals surface area contributed by atoms with Gasteiger partial charge in [-0.05, 0) is 33.1 Å². The van der Waals surface area contributed by atoms with Crippen molar-refractivity contribution in [2.75, 3.05) is 39.5 Å². The van der Waals surface area contributed by atoms with Crippen LogP contribution in [0.1, 0.15) is 33.1 Å². The average molecular weight is 270 g/mol. The molecule has 2 rings (SSSR count). The zero-order valence-corrected chi connectivity index (χ0v) is 12.1. The summed E-state index contributed by atoms with van der Waals surface area (Å²) >= 11 is 0. The Morgan fingerprint density at radius 1 is 1.42 bits per heavy atom. The molecule has 2 fully saturated rings. The standard InChI is InChI=1S/C14H26N2O3/c1-3-19-13(17)14(2,15-12-4-5-12)6-7-16-8-10-18-11-9-16/h12,15H,3-11H2,1-2H3. The minimum Gasteiger partial charge on any atom is -0.465 e. The number of ether oxygens (including phenoxy) is 2. The van der Waals surface area contributed by atoms with Crippen LogP contribution in [0.25, 0.3) is 0 Å². The average Bonchev–Trinajstić information content (AvgIpc) is 3.22. The monoisotopic (exact) mass is 270 g/mol.